The lowest BCUT2D eigenvalue weighted by Crippen LogP contribution is -2.06. The van der Waals surface area contributed by atoms with E-state index in [-0.39, 0.29) is 5.90 Å². The second-order valence-electron chi connectivity index (χ2n) is 2.41. The van der Waals surface area contributed by atoms with E-state index >= 15 is 0 Å². The molecule has 0 aliphatic carbocycles. The maximum atomic E-state index is 7.51. The quantitative estimate of drug-likeness (QED) is 0.331. The first-order valence-corrected chi connectivity index (χ1v) is 3.96. The molecule has 3 heteroatoms. The summed E-state index contributed by atoms with van der Waals surface area (Å²) in [5, 5.41) is 7.51. The minimum atomic E-state index is 0.161. The Labute approximate surface area is 77.8 Å². The van der Waals surface area contributed by atoms with Crippen molar-refractivity contribution in [3.05, 3.63) is 42.5 Å². The van der Waals surface area contributed by atoms with Gasteiger partial charge in [-0.1, -0.05) is 18.2 Å². The van der Waals surface area contributed by atoms with E-state index in [4.69, 9.17) is 10.1 Å². The first-order chi connectivity index (χ1) is 6.34. The number of methoxy groups -OCH3 is 1. The highest BCUT2D eigenvalue weighted by Gasteiger charge is 2.03. The monoisotopic (exact) mass is 178 g/mol. The Morgan fingerprint density at radius 3 is 2.69 bits per heavy atom. The molecule has 0 radical (unpaired) electrons. The molecule has 1 N–H and O–H groups in total. The molecule has 3 nitrogen and oxygen atoms in total. The normalized spacial score (nSPS) is 9.31. The van der Waals surface area contributed by atoms with Crippen LogP contribution in [-0.4, -0.2) is 19.6 Å². The summed E-state index contributed by atoms with van der Waals surface area (Å²) >= 11 is 0. The molecule has 0 aliphatic rings. The van der Waals surface area contributed by atoms with Crippen LogP contribution in [0, 0.1) is 12.0 Å². The van der Waals surface area contributed by atoms with E-state index < -0.39 is 0 Å². The van der Waals surface area contributed by atoms with Crippen molar-refractivity contribution in [2.24, 2.45) is 0 Å². The molecule has 1 aromatic rings. The third-order valence-corrected chi connectivity index (χ3v) is 1.50. The van der Waals surface area contributed by atoms with E-state index in [1.807, 2.05) is 30.3 Å². The number of hydrogen-bond donors (Lipinski definition) is 1. The van der Waals surface area contributed by atoms with Crippen LogP contribution < -0.4 is 0 Å². The number of hydrogen-bond acceptors (Lipinski definition) is 3. The van der Waals surface area contributed by atoms with Crippen molar-refractivity contribution in [1.82, 2.24) is 0 Å². The summed E-state index contributed by atoms with van der Waals surface area (Å²) in [5.41, 5.74) is 0.770. The molecule has 0 spiro atoms. The number of rotatable bonds is 4. The molecule has 0 aromatic heterocycles. The molecule has 0 unspecified atom stereocenters. The van der Waals surface area contributed by atoms with Crippen molar-refractivity contribution in [2.45, 2.75) is 0 Å². The van der Waals surface area contributed by atoms with Gasteiger partial charge in [-0.05, 0) is 12.1 Å². The van der Waals surface area contributed by atoms with Crippen LogP contribution in [0.1, 0.15) is 5.56 Å². The summed E-state index contributed by atoms with van der Waals surface area (Å²) in [7, 11) is 1.55. The number of benzene rings is 1. The molecule has 68 valence electrons. The Balaban J connectivity index is 2.40. The minimum absolute atomic E-state index is 0.161. The van der Waals surface area contributed by atoms with Crippen LogP contribution in [0.4, 0.5) is 0 Å². The van der Waals surface area contributed by atoms with Gasteiger partial charge in [0.2, 0.25) is 5.90 Å². The molecule has 0 fully saturated rings. The minimum Gasteiger partial charge on any atom is -0.432 e. The zero-order chi connectivity index (χ0) is 9.52. The SMILES string of the molecule is CO[CH+]COC(=N)c1ccccc1. The number of nitrogens with one attached hydrogen (secondary N) is 1. The molecule has 0 amide bonds. The average Bonchev–Trinajstić information content (AvgIpc) is 2.19. The van der Waals surface area contributed by atoms with Crippen molar-refractivity contribution in [2.75, 3.05) is 13.7 Å². The summed E-state index contributed by atoms with van der Waals surface area (Å²) < 4.78 is 9.75. The molecule has 0 saturated heterocycles. The smallest absolute Gasteiger partial charge is 0.266 e. The third kappa shape index (κ3) is 3.17. The van der Waals surface area contributed by atoms with E-state index in [0.29, 0.717) is 6.61 Å². The number of ether oxygens (including phenoxy) is 2. The predicted octanol–water partition coefficient (Wildman–Crippen LogP) is 1.84. The molecule has 0 saturated carbocycles. The first kappa shape index (κ1) is 9.61. The van der Waals surface area contributed by atoms with Gasteiger partial charge < -0.3 is 4.74 Å². The Morgan fingerprint density at radius 1 is 1.38 bits per heavy atom. The van der Waals surface area contributed by atoms with E-state index in [0.717, 1.165) is 5.56 Å². The van der Waals surface area contributed by atoms with E-state index in [1.54, 1.807) is 7.11 Å². The van der Waals surface area contributed by atoms with E-state index in [1.165, 1.54) is 6.61 Å². The molecular formula is C10H12NO2+. The van der Waals surface area contributed by atoms with Gasteiger partial charge in [0.15, 0.2) is 0 Å². The zero-order valence-electron chi connectivity index (χ0n) is 7.49. The molecular weight excluding hydrogens is 166 g/mol. The van der Waals surface area contributed by atoms with Gasteiger partial charge in [-0.25, -0.2) is 0 Å². The average molecular weight is 178 g/mol. The largest absolute Gasteiger partial charge is 0.432 e. The first-order valence-electron chi connectivity index (χ1n) is 3.96. The standard InChI is InChI=1S/C10H12NO2/c1-12-7-8-13-10(11)9-5-3-2-4-6-9/h2-7,11H,8H2,1H3/q+1. The fraction of sp³-hybridized carbons (Fsp3) is 0.200. The second kappa shape index (κ2) is 5.22. The van der Waals surface area contributed by atoms with Crippen LogP contribution in [0.3, 0.4) is 0 Å². The van der Waals surface area contributed by atoms with Crippen LogP contribution in [-0.2, 0) is 9.47 Å². The molecule has 13 heavy (non-hydrogen) atoms. The maximum absolute atomic E-state index is 7.51. The summed E-state index contributed by atoms with van der Waals surface area (Å²) in [6, 6.07) is 9.29. The molecule has 0 aliphatic heterocycles. The maximum Gasteiger partial charge on any atom is 0.266 e. The highest BCUT2D eigenvalue weighted by Crippen LogP contribution is 2.00. The van der Waals surface area contributed by atoms with Gasteiger partial charge in [-0.2, -0.15) is 4.74 Å². The van der Waals surface area contributed by atoms with Crippen molar-refractivity contribution >= 4 is 5.90 Å². The van der Waals surface area contributed by atoms with Crippen LogP contribution in [0.25, 0.3) is 0 Å². The molecule has 0 heterocycles. The Bertz CT molecular complexity index is 259. The van der Waals surface area contributed by atoms with Crippen LogP contribution in [0.15, 0.2) is 30.3 Å². The van der Waals surface area contributed by atoms with Gasteiger partial charge in [0.1, 0.15) is 0 Å². The van der Waals surface area contributed by atoms with Crippen LogP contribution in [0.2, 0.25) is 0 Å². The predicted molar refractivity (Wildman–Crippen MR) is 50.5 cm³/mol. The Morgan fingerprint density at radius 2 is 2.08 bits per heavy atom. The second-order valence-corrected chi connectivity index (χ2v) is 2.41. The van der Waals surface area contributed by atoms with Crippen molar-refractivity contribution < 1.29 is 9.47 Å². The molecule has 1 rings (SSSR count). The Kier molecular flexibility index (Phi) is 3.85. The van der Waals surface area contributed by atoms with Gasteiger partial charge in [0, 0.05) is 5.56 Å². The van der Waals surface area contributed by atoms with Gasteiger partial charge in [-0.3, -0.25) is 5.41 Å². The summed E-state index contributed by atoms with van der Waals surface area (Å²) in [6.07, 6.45) is 0. The highest BCUT2D eigenvalue weighted by molar-refractivity contribution is 5.91. The van der Waals surface area contributed by atoms with Gasteiger partial charge in [0.05, 0.1) is 7.11 Å². The Hall–Kier alpha value is -1.48. The van der Waals surface area contributed by atoms with E-state index in [9.17, 15) is 0 Å². The lowest BCUT2D eigenvalue weighted by molar-refractivity contribution is 0.202. The summed E-state index contributed by atoms with van der Waals surface area (Å²) in [5.74, 6) is 0.161. The van der Waals surface area contributed by atoms with Crippen LogP contribution >= 0.6 is 0 Å². The lowest BCUT2D eigenvalue weighted by atomic mass is 10.2. The third-order valence-electron chi connectivity index (χ3n) is 1.50. The van der Waals surface area contributed by atoms with Crippen LogP contribution in [0.5, 0.6) is 0 Å². The van der Waals surface area contributed by atoms with Crippen molar-refractivity contribution in [3.63, 3.8) is 0 Å². The van der Waals surface area contributed by atoms with Gasteiger partial charge in [0.25, 0.3) is 13.2 Å². The highest BCUT2D eigenvalue weighted by atomic mass is 16.5. The fourth-order valence-electron chi connectivity index (χ4n) is 0.858. The zero-order valence-corrected chi connectivity index (χ0v) is 7.49. The van der Waals surface area contributed by atoms with Crippen molar-refractivity contribution in [1.29, 1.82) is 5.41 Å². The lowest BCUT2D eigenvalue weighted by Gasteiger charge is -2.01. The molecule has 1 aromatic carbocycles. The summed E-state index contributed by atoms with van der Waals surface area (Å²) in [6.45, 7) is 1.79. The molecule has 0 atom stereocenters. The summed E-state index contributed by atoms with van der Waals surface area (Å²) in [4.78, 5) is 0. The topological polar surface area (TPSA) is 42.3 Å². The fourth-order valence-corrected chi connectivity index (χ4v) is 0.858. The van der Waals surface area contributed by atoms with Gasteiger partial charge in [-0.15, -0.1) is 0 Å². The van der Waals surface area contributed by atoms with Gasteiger partial charge >= 0.3 is 0 Å². The van der Waals surface area contributed by atoms with E-state index in [2.05, 4.69) is 4.74 Å². The molecule has 0 bridgehead atoms. The van der Waals surface area contributed by atoms with Crippen molar-refractivity contribution in [3.8, 4) is 0 Å².